The predicted octanol–water partition coefficient (Wildman–Crippen LogP) is 2.79. The fourth-order valence-electron chi connectivity index (χ4n) is 1.44. The van der Waals surface area contributed by atoms with Gasteiger partial charge in [0.1, 0.15) is 0 Å². The van der Waals surface area contributed by atoms with Crippen LogP contribution in [-0.2, 0) is 6.42 Å². The molecule has 0 bridgehead atoms. The Hall–Kier alpha value is -0.930. The quantitative estimate of drug-likeness (QED) is 0.790. The van der Waals surface area contributed by atoms with Gasteiger partial charge < -0.3 is 4.90 Å². The monoisotopic (exact) mass is 220 g/mol. The van der Waals surface area contributed by atoms with Crippen LogP contribution in [0.1, 0.15) is 11.9 Å². The average molecular weight is 220 g/mol. The van der Waals surface area contributed by atoms with E-state index in [1.54, 1.807) is 11.3 Å². The molecule has 0 aliphatic rings. The highest BCUT2D eigenvalue weighted by Gasteiger charge is 2.09. The van der Waals surface area contributed by atoms with Crippen LogP contribution in [0.25, 0.3) is 10.2 Å². The molecule has 0 radical (unpaired) electrons. The van der Waals surface area contributed by atoms with Gasteiger partial charge in [-0.1, -0.05) is 12.1 Å². The smallest absolute Gasteiger partial charge is 0.0954 e. The number of hydrogen-bond donors (Lipinski definition) is 0. The molecule has 80 valence electrons. The van der Waals surface area contributed by atoms with Gasteiger partial charge in [-0.25, -0.2) is 4.98 Å². The summed E-state index contributed by atoms with van der Waals surface area (Å²) in [6.07, 6.45) is 1.03. The standard InChI is InChI=1S/C12H16N2S/c1-9(14(2)3)8-12-13-10-6-4-5-7-11(10)15-12/h4-7,9H,8H2,1-3H3/t9-/m1/s1. The first kappa shape index (κ1) is 10.6. The van der Waals surface area contributed by atoms with Crippen LogP contribution < -0.4 is 0 Å². The third-order valence-corrected chi connectivity index (χ3v) is 3.75. The Labute approximate surface area is 94.6 Å². The van der Waals surface area contributed by atoms with Crippen molar-refractivity contribution in [3.8, 4) is 0 Å². The van der Waals surface area contributed by atoms with Gasteiger partial charge in [0.25, 0.3) is 0 Å². The molecule has 0 spiro atoms. The van der Waals surface area contributed by atoms with E-state index in [1.165, 1.54) is 9.71 Å². The van der Waals surface area contributed by atoms with Crippen LogP contribution in [-0.4, -0.2) is 30.0 Å². The molecule has 2 nitrogen and oxygen atoms in total. The number of thiazole rings is 1. The zero-order valence-corrected chi connectivity index (χ0v) is 10.2. The molecule has 0 fully saturated rings. The summed E-state index contributed by atoms with van der Waals surface area (Å²) in [4.78, 5) is 6.86. The molecule has 2 rings (SSSR count). The van der Waals surface area contributed by atoms with Crippen molar-refractivity contribution in [1.82, 2.24) is 9.88 Å². The molecule has 0 N–H and O–H groups in total. The number of aromatic nitrogens is 1. The number of benzene rings is 1. The van der Waals surface area contributed by atoms with E-state index in [0.29, 0.717) is 6.04 Å². The number of para-hydroxylation sites is 1. The number of hydrogen-bond acceptors (Lipinski definition) is 3. The normalized spacial score (nSPS) is 13.6. The predicted molar refractivity (Wildman–Crippen MR) is 66.5 cm³/mol. The number of likely N-dealkylation sites (N-methyl/N-ethyl adjacent to an activating group) is 1. The second kappa shape index (κ2) is 4.29. The van der Waals surface area contributed by atoms with E-state index < -0.39 is 0 Å². The Balaban J connectivity index is 2.22. The van der Waals surface area contributed by atoms with E-state index in [-0.39, 0.29) is 0 Å². The minimum atomic E-state index is 0.547. The van der Waals surface area contributed by atoms with E-state index in [2.05, 4.69) is 49.1 Å². The second-order valence-corrected chi connectivity index (χ2v) is 5.21. The van der Waals surface area contributed by atoms with Gasteiger partial charge in [-0.15, -0.1) is 11.3 Å². The summed E-state index contributed by atoms with van der Waals surface area (Å²) in [7, 11) is 4.22. The molecule has 1 atom stereocenters. The molecule has 0 aliphatic heterocycles. The summed E-state index contributed by atoms with van der Waals surface area (Å²) in [6, 6.07) is 8.87. The third-order valence-electron chi connectivity index (χ3n) is 2.69. The number of fused-ring (bicyclic) bond motifs is 1. The zero-order chi connectivity index (χ0) is 10.8. The van der Waals surface area contributed by atoms with Crippen LogP contribution in [0.2, 0.25) is 0 Å². The van der Waals surface area contributed by atoms with Crippen LogP contribution >= 0.6 is 11.3 Å². The third kappa shape index (κ3) is 2.36. The molecule has 1 aromatic carbocycles. The van der Waals surface area contributed by atoms with Crippen LogP contribution in [0.5, 0.6) is 0 Å². The van der Waals surface area contributed by atoms with Gasteiger partial charge in [0.2, 0.25) is 0 Å². The lowest BCUT2D eigenvalue weighted by molar-refractivity contribution is 0.312. The lowest BCUT2D eigenvalue weighted by Gasteiger charge is -2.17. The average Bonchev–Trinajstić information content (AvgIpc) is 2.59. The lowest BCUT2D eigenvalue weighted by atomic mass is 10.2. The van der Waals surface area contributed by atoms with E-state index in [0.717, 1.165) is 11.9 Å². The topological polar surface area (TPSA) is 16.1 Å². The van der Waals surface area contributed by atoms with Gasteiger partial charge in [-0.3, -0.25) is 0 Å². The minimum Gasteiger partial charge on any atom is -0.306 e. The first-order valence-electron chi connectivity index (χ1n) is 5.17. The fourth-order valence-corrected chi connectivity index (χ4v) is 2.53. The summed E-state index contributed by atoms with van der Waals surface area (Å²) >= 11 is 1.81. The first-order valence-corrected chi connectivity index (χ1v) is 5.99. The molecular formula is C12H16N2S. The molecule has 0 unspecified atom stereocenters. The minimum absolute atomic E-state index is 0.547. The van der Waals surface area contributed by atoms with Crippen LogP contribution in [0.15, 0.2) is 24.3 Å². The fraction of sp³-hybridized carbons (Fsp3) is 0.417. The molecule has 2 aromatic rings. The molecule has 15 heavy (non-hydrogen) atoms. The van der Waals surface area contributed by atoms with Gasteiger partial charge in [-0.2, -0.15) is 0 Å². The van der Waals surface area contributed by atoms with E-state index in [9.17, 15) is 0 Å². The highest BCUT2D eigenvalue weighted by Crippen LogP contribution is 2.22. The summed E-state index contributed by atoms with van der Waals surface area (Å²) < 4.78 is 1.29. The number of nitrogens with zero attached hydrogens (tertiary/aromatic N) is 2. The van der Waals surface area contributed by atoms with Crippen molar-refractivity contribution in [2.45, 2.75) is 19.4 Å². The van der Waals surface area contributed by atoms with Gasteiger partial charge in [0.15, 0.2) is 0 Å². The highest BCUT2D eigenvalue weighted by atomic mass is 32.1. The molecule has 1 aromatic heterocycles. The van der Waals surface area contributed by atoms with E-state index in [4.69, 9.17) is 0 Å². The maximum absolute atomic E-state index is 4.63. The lowest BCUT2D eigenvalue weighted by Crippen LogP contribution is -2.26. The summed E-state index contributed by atoms with van der Waals surface area (Å²) in [5, 5.41) is 1.23. The largest absolute Gasteiger partial charge is 0.306 e. The van der Waals surface area contributed by atoms with Gasteiger partial charge in [0, 0.05) is 12.5 Å². The van der Waals surface area contributed by atoms with Crippen LogP contribution in [0.3, 0.4) is 0 Å². The Kier molecular flexibility index (Phi) is 3.03. The van der Waals surface area contributed by atoms with Gasteiger partial charge in [0.05, 0.1) is 15.2 Å². The van der Waals surface area contributed by atoms with Gasteiger partial charge >= 0.3 is 0 Å². The molecular weight excluding hydrogens is 204 g/mol. The van der Waals surface area contributed by atoms with Crippen molar-refractivity contribution in [3.63, 3.8) is 0 Å². The van der Waals surface area contributed by atoms with Crippen molar-refractivity contribution >= 4 is 21.6 Å². The van der Waals surface area contributed by atoms with Gasteiger partial charge in [-0.05, 0) is 33.2 Å². The zero-order valence-electron chi connectivity index (χ0n) is 9.40. The van der Waals surface area contributed by atoms with Crippen molar-refractivity contribution in [1.29, 1.82) is 0 Å². The molecule has 0 aliphatic carbocycles. The van der Waals surface area contributed by atoms with Crippen molar-refractivity contribution < 1.29 is 0 Å². The number of rotatable bonds is 3. The van der Waals surface area contributed by atoms with Crippen LogP contribution in [0.4, 0.5) is 0 Å². The SMILES string of the molecule is C[C@H](Cc1nc2ccccc2s1)N(C)C. The van der Waals surface area contributed by atoms with Crippen molar-refractivity contribution in [2.75, 3.05) is 14.1 Å². The van der Waals surface area contributed by atoms with E-state index >= 15 is 0 Å². The molecule has 1 heterocycles. The molecule has 0 saturated carbocycles. The van der Waals surface area contributed by atoms with Crippen molar-refractivity contribution in [2.24, 2.45) is 0 Å². The van der Waals surface area contributed by atoms with Crippen molar-refractivity contribution in [3.05, 3.63) is 29.3 Å². The summed E-state index contributed by atoms with van der Waals surface area (Å²) in [6.45, 7) is 2.23. The summed E-state index contributed by atoms with van der Waals surface area (Å²) in [5.74, 6) is 0. The van der Waals surface area contributed by atoms with Crippen LogP contribution in [0, 0.1) is 0 Å². The maximum atomic E-state index is 4.63. The Morgan fingerprint density at radius 3 is 2.73 bits per heavy atom. The Morgan fingerprint density at radius 2 is 2.07 bits per heavy atom. The molecule has 3 heteroatoms. The van der Waals surface area contributed by atoms with E-state index in [1.807, 2.05) is 6.07 Å². The molecule has 0 saturated heterocycles. The highest BCUT2D eigenvalue weighted by molar-refractivity contribution is 7.18. The maximum Gasteiger partial charge on any atom is 0.0954 e. The Bertz CT molecular complexity index is 415. The Morgan fingerprint density at radius 1 is 1.33 bits per heavy atom. The molecule has 0 amide bonds. The second-order valence-electron chi connectivity index (χ2n) is 4.09. The first-order chi connectivity index (χ1) is 7.16. The summed E-state index contributed by atoms with van der Waals surface area (Å²) in [5.41, 5.74) is 1.13.